The van der Waals surface area contributed by atoms with Crippen molar-refractivity contribution in [1.29, 1.82) is 0 Å². The van der Waals surface area contributed by atoms with E-state index >= 15 is 0 Å². The molecule has 6 heteroatoms. The Bertz CT molecular complexity index is 283. The lowest BCUT2D eigenvalue weighted by Crippen LogP contribution is -2.51. The molecule has 0 bridgehead atoms. The van der Waals surface area contributed by atoms with Crippen molar-refractivity contribution in [2.75, 3.05) is 13.1 Å². The Labute approximate surface area is 107 Å². The molecule has 0 saturated carbocycles. The number of likely N-dealkylation sites (tertiary alicyclic amines) is 1. The summed E-state index contributed by atoms with van der Waals surface area (Å²) < 4.78 is 0. The number of piperidine rings is 1. The molecular weight excluding hydrogens is 236 g/mol. The quantitative estimate of drug-likeness (QED) is 0.605. The molecule has 1 rings (SSSR count). The molecule has 1 heterocycles. The van der Waals surface area contributed by atoms with E-state index in [9.17, 15) is 9.59 Å². The second-order valence-corrected chi connectivity index (χ2v) is 4.65. The summed E-state index contributed by atoms with van der Waals surface area (Å²) in [5.74, 6) is -0.757. The highest BCUT2D eigenvalue weighted by Gasteiger charge is 2.25. The van der Waals surface area contributed by atoms with Crippen molar-refractivity contribution in [3.05, 3.63) is 0 Å². The highest BCUT2D eigenvalue weighted by Crippen LogP contribution is 2.15. The van der Waals surface area contributed by atoms with Gasteiger partial charge in [0.1, 0.15) is 0 Å². The van der Waals surface area contributed by atoms with Gasteiger partial charge in [-0.15, -0.1) is 0 Å². The Balaban J connectivity index is 2.13. The zero-order valence-corrected chi connectivity index (χ0v) is 10.6. The predicted octanol–water partition coefficient (Wildman–Crippen LogP) is 1.71. The van der Waals surface area contributed by atoms with Gasteiger partial charge in [-0.3, -0.25) is 15.0 Å². The summed E-state index contributed by atoms with van der Waals surface area (Å²) in [6, 6.07) is 0. The number of carbonyl (C=O) groups is 2. The Kier molecular flexibility index (Phi) is 6.49. The molecular formula is C12H22N2O4. The molecule has 1 unspecified atom stereocenters. The molecule has 0 radical (unpaired) electrons. The number of hydrogen-bond acceptors (Lipinski definition) is 3. The molecule has 1 saturated heterocycles. The number of amides is 1. The fourth-order valence-electron chi connectivity index (χ4n) is 2.22. The van der Waals surface area contributed by atoms with E-state index in [1.54, 1.807) is 0 Å². The lowest BCUT2D eigenvalue weighted by atomic mass is 10.1. The van der Waals surface area contributed by atoms with E-state index in [2.05, 4.69) is 5.32 Å². The van der Waals surface area contributed by atoms with Gasteiger partial charge in [-0.05, 0) is 38.6 Å². The van der Waals surface area contributed by atoms with Gasteiger partial charge in [0.05, 0.1) is 6.17 Å². The van der Waals surface area contributed by atoms with E-state index in [1.807, 2.05) is 0 Å². The van der Waals surface area contributed by atoms with E-state index in [0.29, 0.717) is 13.0 Å². The van der Waals surface area contributed by atoms with Crippen LogP contribution in [0.4, 0.5) is 4.79 Å². The minimum atomic E-state index is -0.863. The van der Waals surface area contributed by atoms with Crippen LogP contribution in [0.3, 0.4) is 0 Å². The Morgan fingerprint density at radius 3 is 2.61 bits per heavy atom. The molecule has 1 fully saturated rings. The number of nitrogens with one attached hydrogen (secondary N) is 1. The standard InChI is InChI=1S/C12H22N2O4/c15-11(16)7-2-1-4-8-13-10-6-3-5-9-14(10)12(17)18/h10,13H,1-9H2,(H,15,16)(H,17,18). The maximum Gasteiger partial charge on any atom is 0.408 e. The van der Waals surface area contributed by atoms with E-state index in [4.69, 9.17) is 10.2 Å². The third-order valence-electron chi connectivity index (χ3n) is 3.20. The van der Waals surface area contributed by atoms with Crippen molar-refractivity contribution in [2.24, 2.45) is 0 Å². The van der Waals surface area contributed by atoms with Crippen LogP contribution in [-0.2, 0) is 4.79 Å². The van der Waals surface area contributed by atoms with E-state index < -0.39 is 12.1 Å². The van der Waals surface area contributed by atoms with Crippen LogP contribution in [0.2, 0.25) is 0 Å². The molecule has 1 aliphatic rings. The van der Waals surface area contributed by atoms with Crippen LogP contribution in [-0.4, -0.2) is 46.4 Å². The monoisotopic (exact) mass is 258 g/mol. The van der Waals surface area contributed by atoms with Crippen molar-refractivity contribution in [1.82, 2.24) is 10.2 Å². The van der Waals surface area contributed by atoms with Crippen LogP contribution >= 0.6 is 0 Å². The minimum Gasteiger partial charge on any atom is -0.481 e. The zero-order chi connectivity index (χ0) is 13.4. The highest BCUT2D eigenvalue weighted by molar-refractivity contribution is 5.66. The first-order valence-electron chi connectivity index (χ1n) is 6.56. The predicted molar refractivity (Wildman–Crippen MR) is 66.5 cm³/mol. The van der Waals surface area contributed by atoms with Gasteiger partial charge in [-0.25, -0.2) is 4.79 Å². The molecule has 0 aromatic heterocycles. The maximum atomic E-state index is 11.0. The van der Waals surface area contributed by atoms with Gasteiger partial charge in [-0.2, -0.15) is 0 Å². The molecule has 3 N–H and O–H groups in total. The first kappa shape index (κ1) is 14.8. The summed E-state index contributed by atoms with van der Waals surface area (Å²) in [5.41, 5.74) is 0. The number of carboxylic acid groups (broad SMARTS) is 2. The van der Waals surface area contributed by atoms with Crippen molar-refractivity contribution < 1.29 is 19.8 Å². The fraction of sp³-hybridized carbons (Fsp3) is 0.833. The summed E-state index contributed by atoms with van der Waals surface area (Å²) in [5, 5.41) is 20.8. The summed E-state index contributed by atoms with van der Waals surface area (Å²) in [6.07, 6.45) is 4.56. The molecule has 0 aromatic rings. The third-order valence-corrected chi connectivity index (χ3v) is 3.20. The van der Waals surface area contributed by atoms with Gasteiger partial charge in [-0.1, -0.05) is 6.42 Å². The number of nitrogens with zero attached hydrogens (tertiary/aromatic N) is 1. The Morgan fingerprint density at radius 2 is 1.94 bits per heavy atom. The molecule has 18 heavy (non-hydrogen) atoms. The van der Waals surface area contributed by atoms with Gasteiger partial charge >= 0.3 is 12.1 Å². The van der Waals surface area contributed by atoms with Gasteiger partial charge in [0.2, 0.25) is 0 Å². The van der Waals surface area contributed by atoms with Gasteiger partial charge in [0.25, 0.3) is 0 Å². The molecule has 6 nitrogen and oxygen atoms in total. The van der Waals surface area contributed by atoms with Gasteiger partial charge in [0, 0.05) is 13.0 Å². The topological polar surface area (TPSA) is 89.9 Å². The Hall–Kier alpha value is -1.30. The first-order chi connectivity index (χ1) is 8.61. The van der Waals surface area contributed by atoms with Crippen LogP contribution in [0, 0.1) is 0 Å². The van der Waals surface area contributed by atoms with E-state index in [-0.39, 0.29) is 12.6 Å². The van der Waals surface area contributed by atoms with Crippen LogP contribution in [0.5, 0.6) is 0 Å². The average molecular weight is 258 g/mol. The van der Waals surface area contributed by atoms with Crippen molar-refractivity contribution >= 4 is 12.1 Å². The van der Waals surface area contributed by atoms with Crippen molar-refractivity contribution in [3.8, 4) is 0 Å². The Morgan fingerprint density at radius 1 is 1.17 bits per heavy atom. The summed E-state index contributed by atoms with van der Waals surface area (Å²) in [6.45, 7) is 1.35. The van der Waals surface area contributed by atoms with Crippen LogP contribution in [0.25, 0.3) is 0 Å². The molecule has 0 aromatic carbocycles. The molecule has 1 atom stereocenters. The van der Waals surface area contributed by atoms with Gasteiger partial charge in [0.15, 0.2) is 0 Å². The number of hydrogen-bond donors (Lipinski definition) is 3. The normalized spacial score (nSPS) is 19.8. The summed E-state index contributed by atoms with van der Waals surface area (Å²) in [4.78, 5) is 22.8. The molecule has 104 valence electrons. The fourth-order valence-corrected chi connectivity index (χ4v) is 2.22. The number of rotatable bonds is 7. The number of aliphatic carboxylic acids is 1. The largest absolute Gasteiger partial charge is 0.481 e. The molecule has 0 aliphatic carbocycles. The average Bonchev–Trinajstić information content (AvgIpc) is 2.33. The van der Waals surface area contributed by atoms with Gasteiger partial charge < -0.3 is 10.2 Å². The molecule has 1 aliphatic heterocycles. The summed E-state index contributed by atoms with van der Waals surface area (Å²) >= 11 is 0. The molecule has 1 amide bonds. The van der Waals surface area contributed by atoms with Crippen LogP contribution in [0.1, 0.15) is 44.9 Å². The first-order valence-corrected chi connectivity index (χ1v) is 6.56. The number of unbranched alkanes of at least 4 members (excludes halogenated alkanes) is 2. The summed E-state index contributed by atoms with van der Waals surface area (Å²) in [7, 11) is 0. The second kappa shape index (κ2) is 7.92. The minimum absolute atomic E-state index is 0.0734. The number of carboxylic acids is 1. The van der Waals surface area contributed by atoms with E-state index in [0.717, 1.165) is 38.6 Å². The van der Waals surface area contributed by atoms with E-state index in [1.165, 1.54) is 4.90 Å². The van der Waals surface area contributed by atoms with Crippen LogP contribution in [0.15, 0.2) is 0 Å². The lowest BCUT2D eigenvalue weighted by Gasteiger charge is -2.34. The van der Waals surface area contributed by atoms with Crippen molar-refractivity contribution in [2.45, 2.75) is 51.1 Å². The molecule has 0 spiro atoms. The third kappa shape index (κ3) is 5.35. The maximum absolute atomic E-state index is 11.0. The highest BCUT2D eigenvalue weighted by atomic mass is 16.4. The smallest absolute Gasteiger partial charge is 0.408 e. The zero-order valence-electron chi connectivity index (χ0n) is 10.6. The SMILES string of the molecule is O=C(O)CCCCCNC1CCCCN1C(=O)O. The van der Waals surface area contributed by atoms with Crippen LogP contribution < -0.4 is 5.32 Å². The van der Waals surface area contributed by atoms with Crippen molar-refractivity contribution in [3.63, 3.8) is 0 Å². The second-order valence-electron chi connectivity index (χ2n) is 4.65. The lowest BCUT2D eigenvalue weighted by molar-refractivity contribution is -0.137.